The first-order chi connectivity index (χ1) is 15.8. The normalized spacial score (nSPS) is 49.5. The van der Waals surface area contributed by atoms with Gasteiger partial charge in [-0.3, -0.25) is 14.4 Å². The van der Waals surface area contributed by atoms with Gasteiger partial charge in [-0.25, -0.2) is 0 Å². The van der Waals surface area contributed by atoms with Gasteiger partial charge in [0, 0.05) is 23.7 Å². The van der Waals surface area contributed by atoms with Crippen LogP contribution in [0.2, 0.25) is 0 Å². The number of nitriles is 1. The third kappa shape index (κ3) is 2.97. The zero-order valence-corrected chi connectivity index (χ0v) is 21.9. The maximum atomic E-state index is 14.1. The molecule has 0 N–H and O–H groups in total. The third-order valence-electron chi connectivity index (χ3n) is 12.0. The highest BCUT2D eigenvalue weighted by Crippen LogP contribution is 2.70. The number of carbonyl (C=O) groups excluding carboxylic acids is 3. The van der Waals surface area contributed by atoms with Gasteiger partial charge in [0.15, 0.2) is 5.78 Å². The van der Waals surface area contributed by atoms with Crippen LogP contribution in [0, 0.1) is 68.5 Å². The van der Waals surface area contributed by atoms with Crippen LogP contribution >= 0.6 is 0 Å². The van der Waals surface area contributed by atoms with Crippen molar-refractivity contribution in [2.45, 2.75) is 92.9 Å². The van der Waals surface area contributed by atoms with E-state index in [1.54, 1.807) is 6.92 Å². The number of fused-ring (bicyclic) bond motifs is 7. The summed E-state index contributed by atoms with van der Waals surface area (Å²) < 4.78 is 0. The van der Waals surface area contributed by atoms with E-state index in [-0.39, 0.29) is 63.0 Å². The Balaban J connectivity index is 1.59. The van der Waals surface area contributed by atoms with Crippen LogP contribution in [0.15, 0.2) is 11.6 Å². The van der Waals surface area contributed by atoms with Crippen molar-refractivity contribution in [1.82, 2.24) is 0 Å². The summed E-state index contributed by atoms with van der Waals surface area (Å²) in [5.41, 5.74) is -0.190. The average molecular weight is 464 g/mol. The minimum Gasteiger partial charge on any atom is -0.299 e. The number of hydrogen-bond donors (Lipinski definition) is 0. The van der Waals surface area contributed by atoms with E-state index in [1.165, 1.54) is 0 Å². The van der Waals surface area contributed by atoms with E-state index in [0.29, 0.717) is 23.6 Å². The second-order valence-corrected chi connectivity index (χ2v) is 13.9. The van der Waals surface area contributed by atoms with Crippen LogP contribution in [-0.4, -0.2) is 17.3 Å². The van der Waals surface area contributed by atoms with Crippen molar-refractivity contribution in [3.63, 3.8) is 0 Å². The Bertz CT molecular complexity index is 1030. The highest BCUT2D eigenvalue weighted by Gasteiger charge is 2.67. The zero-order chi connectivity index (χ0) is 24.8. The van der Waals surface area contributed by atoms with Gasteiger partial charge >= 0.3 is 0 Å². The minimum atomic E-state index is -0.323. The van der Waals surface area contributed by atoms with Gasteiger partial charge in [0.25, 0.3) is 0 Å². The Morgan fingerprint density at radius 2 is 1.68 bits per heavy atom. The first-order valence-electron chi connectivity index (χ1n) is 13.5. The predicted molar refractivity (Wildman–Crippen MR) is 130 cm³/mol. The van der Waals surface area contributed by atoms with Crippen LogP contribution in [0.4, 0.5) is 0 Å². The van der Waals surface area contributed by atoms with E-state index < -0.39 is 0 Å². The SMILES string of the molecule is CC(=O)C12CCC3C(C(=O)CC4C5(C)C=C(C#N)C(=O)C(C)C5CCC34C)C1CC(C)(C)CC2. The molecule has 5 rings (SSSR count). The van der Waals surface area contributed by atoms with Gasteiger partial charge in [-0.15, -0.1) is 0 Å². The number of carbonyl (C=O) groups is 3. The Labute approximate surface area is 204 Å². The summed E-state index contributed by atoms with van der Waals surface area (Å²) in [7, 11) is 0. The van der Waals surface area contributed by atoms with Gasteiger partial charge in [-0.2, -0.15) is 5.26 Å². The highest BCUT2D eigenvalue weighted by atomic mass is 16.1. The average Bonchev–Trinajstić information content (AvgIpc) is 2.76. The second kappa shape index (κ2) is 7.37. The number of Topliss-reactive ketones (excluding diaryl/α,β-unsaturated/α-hetero) is 3. The van der Waals surface area contributed by atoms with E-state index >= 15 is 0 Å². The van der Waals surface area contributed by atoms with Crippen LogP contribution in [0.5, 0.6) is 0 Å². The van der Waals surface area contributed by atoms with Gasteiger partial charge in [0.2, 0.25) is 0 Å². The Morgan fingerprint density at radius 3 is 2.32 bits per heavy atom. The summed E-state index contributed by atoms with van der Waals surface area (Å²) >= 11 is 0. The number of allylic oxidation sites excluding steroid dienone is 2. The monoisotopic (exact) mass is 463 g/mol. The van der Waals surface area contributed by atoms with Crippen molar-refractivity contribution >= 4 is 17.3 Å². The van der Waals surface area contributed by atoms with Crippen LogP contribution < -0.4 is 0 Å². The molecule has 0 aromatic heterocycles. The first kappa shape index (κ1) is 24.0. The zero-order valence-electron chi connectivity index (χ0n) is 21.9. The van der Waals surface area contributed by atoms with Crippen molar-refractivity contribution in [2.24, 2.45) is 57.2 Å². The van der Waals surface area contributed by atoms with E-state index in [4.69, 9.17) is 0 Å². The molecule has 0 spiro atoms. The lowest BCUT2D eigenvalue weighted by Gasteiger charge is -2.67. The fraction of sp³-hybridized carbons (Fsp3) is 0.800. The maximum absolute atomic E-state index is 14.1. The van der Waals surface area contributed by atoms with Crippen LogP contribution in [-0.2, 0) is 14.4 Å². The molecular formula is C30H41NO3. The molecule has 0 heterocycles. The molecule has 4 heteroatoms. The molecule has 184 valence electrons. The standard InChI is InChI=1S/C30H41NO3/c1-17-20-7-9-28(5)21-8-10-30(18(2)32)12-11-27(3,4)15-22(30)25(21)23(33)13-24(28)29(20,6)14-19(16-31)26(17)34/h14,17,20-22,24-25H,7-13,15H2,1-6H3. The summed E-state index contributed by atoms with van der Waals surface area (Å²) in [6.07, 6.45) is 9.28. The Kier molecular flexibility index (Phi) is 5.20. The van der Waals surface area contributed by atoms with Crippen molar-refractivity contribution < 1.29 is 14.4 Å². The molecule has 0 saturated heterocycles. The highest BCUT2D eigenvalue weighted by molar-refractivity contribution is 6.01. The van der Waals surface area contributed by atoms with Crippen LogP contribution in [0.3, 0.4) is 0 Å². The molecule has 0 aromatic carbocycles. The lowest BCUT2D eigenvalue weighted by Crippen LogP contribution is -2.64. The molecule has 0 aromatic rings. The molecule has 9 unspecified atom stereocenters. The van der Waals surface area contributed by atoms with Gasteiger partial charge in [0.05, 0.1) is 5.57 Å². The van der Waals surface area contributed by atoms with Gasteiger partial charge in [0.1, 0.15) is 17.6 Å². The van der Waals surface area contributed by atoms with E-state index in [9.17, 15) is 19.6 Å². The topological polar surface area (TPSA) is 75.0 Å². The summed E-state index contributed by atoms with van der Waals surface area (Å²) in [5.74, 6) is 1.19. The van der Waals surface area contributed by atoms with Crippen LogP contribution in [0.1, 0.15) is 92.9 Å². The summed E-state index contributed by atoms with van der Waals surface area (Å²) in [6, 6.07) is 2.17. The molecule has 0 bridgehead atoms. The Morgan fingerprint density at radius 1 is 1.00 bits per heavy atom. The van der Waals surface area contributed by atoms with Crippen molar-refractivity contribution in [3.05, 3.63) is 11.6 Å². The molecule has 9 atom stereocenters. The van der Waals surface area contributed by atoms with Crippen molar-refractivity contribution in [2.75, 3.05) is 0 Å². The maximum Gasteiger partial charge on any atom is 0.176 e. The van der Waals surface area contributed by atoms with Crippen LogP contribution in [0.25, 0.3) is 0 Å². The lowest BCUT2D eigenvalue weighted by molar-refractivity contribution is -0.187. The molecule has 4 saturated carbocycles. The van der Waals surface area contributed by atoms with Gasteiger partial charge in [-0.05, 0) is 91.8 Å². The molecule has 0 radical (unpaired) electrons. The smallest absolute Gasteiger partial charge is 0.176 e. The molecular weight excluding hydrogens is 422 g/mol. The molecule has 34 heavy (non-hydrogen) atoms. The predicted octanol–water partition coefficient (Wildman–Crippen LogP) is 6.09. The summed E-state index contributed by atoms with van der Waals surface area (Å²) in [4.78, 5) is 40.0. The molecule has 4 fully saturated rings. The number of hydrogen-bond acceptors (Lipinski definition) is 4. The summed E-state index contributed by atoms with van der Waals surface area (Å²) in [6.45, 7) is 13.0. The van der Waals surface area contributed by atoms with E-state index in [1.807, 2.05) is 13.0 Å². The van der Waals surface area contributed by atoms with E-state index in [2.05, 4.69) is 33.8 Å². The largest absolute Gasteiger partial charge is 0.299 e. The van der Waals surface area contributed by atoms with E-state index in [0.717, 1.165) is 44.9 Å². The first-order valence-corrected chi connectivity index (χ1v) is 13.5. The Hall–Kier alpha value is -1.76. The van der Waals surface area contributed by atoms with Crippen molar-refractivity contribution in [1.29, 1.82) is 5.26 Å². The van der Waals surface area contributed by atoms with Gasteiger partial charge < -0.3 is 0 Å². The number of nitrogens with zero attached hydrogens (tertiary/aromatic N) is 1. The molecule has 0 aliphatic heterocycles. The van der Waals surface area contributed by atoms with Crippen molar-refractivity contribution in [3.8, 4) is 6.07 Å². The number of rotatable bonds is 1. The third-order valence-corrected chi connectivity index (χ3v) is 12.0. The summed E-state index contributed by atoms with van der Waals surface area (Å²) in [5, 5.41) is 9.70. The second-order valence-electron chi connectivity index (χ2n) is 13.9. The number of ketones is 3. The van der Waals surface area contributed by atoms with Gasteiger partial charge in [-0.1, -0.05) is 40.7 Å². The molecule has 4 nitrogen and oxygen atoms in total. The molecule has 0 amide bonds. The molecule has 5 aliphatic rings. The fourth-order valence-corrected chi connectivity index (χ4v) is 10.1. The fourth-order valence-electron chi connectivity index (χ4n) is 10.1. The molecule has 5 aliphatic carbocycles. The quantitative estimate of drug-likeness (QED) is 0.471. The minimum absolute atomic E-state index is 0.00839. The lowest BCUT2D eigenvalue weighted by atomic mass is 9.36.